The van der Waals surface area contributed by atoms with Crippen LogP contribution in [-0.4, -0.2) is 19.6 Å². The summed E-state index contributed by atoms with van der Waals surface area (Å²) < 4.78 is 0. The molecule has 0 amide bonds. The summed E-state index contributed by atoms with van der Waals surface area (Å²) >= 11 is 1.79. The predicted molar refractivity (Wildman–Crippen MR) is 94.7 cm³/mol. The molecule has 1 saturated heterocycles. The monoisotopic (exact) mass is 322 g/mol. The molecular weight excluding hydrogens is 300 g/mol. The van der Waals surface area contributed by atoms with Crippen molar-refractivity contribution in [3.63, 3.8) is 0 Å². The Morgan fingerprint density at radius 1 is 1.10 bits per heavy atom. The van der Waals surface area contributed by atoms with Crippen LogP contribution in [0, 0.1) is 5.92 Å². The standard InChI is InChI=1S/C17H22N2S.ClH/c1-2-4-17(5-3-1)19(13-16-8-11-20-14-16)12-15-6-9-18-10-7-15;/h1-5,8,11,14-15,18H,6-7,9-10,12-13H2;1H. The van der Waals surface area contributed by atoms with Gasteiger partial charge in [0.1, 0.15) is 0 Å². The number of hydrogen-bond donors (Lipinski definition) is 1. The second kappa shape index (κ2) is 8.42. The molecule has 114 valence electrons. The van der Waals surface area contributed by atoms with Gasteiger partial charge in [-0.25, -0.2) is 0 Å². The molecular formula is C17H23ClN2S. The summed E-state index contributed by atoms with van der Waals surface area (Å²) in [6.45, 7) is 4.54. The second-order valence-corrected chi connectivity index (χ2v) is 6.32. The summed E-state index contributed by atoms with van der Waals surface area (Å²) in [4.78, 5) is 2.54. The summed E-state index contributed by atoms with van der Waals surface area (Å²) in [5.74, 6) is 0.815. The molecule has 0 saturated carbocycles. The molecule has 2 aromatic rings. The third-order valence-corrected chi connectivity index (χ3v) is 4.74. The number of nitrogens with one attached hydrogen (secondary N) is 1. The van der Waals surface area contributed by atoms with E-state index >= 15 is 0 Å². The molecule has 2 heterocycles. The minimum Gasteiger partial charge on any atom is -0.367 e. The lowest BCUT2D eigenvalue weighted by Gasteiger charge is -2.31. The number of anilines is 1. The van der Waals surface area contributed by atoms with Gasteiger partial charge < -0.3 is 10.2 Å². The molecule has 0 unspecified atom stereocenters. The SMILES string of the molecule is Cl.c1ccc(N(Cc2ccsc2)CC2CCNCC2)cc1. The molecule has 1 aliphatic heterocycles. The molecule has 1 fully saturated rings. The van der Waals surface area contributed by atoms with Gasteiger partial charge in [0.15, 0.2) is 0 Å². The number of nitrogens with zero attached hydrogens (tertiary/aromatic N) is 1. The molecule has 0 aliphatic carbocycles. The maximum atomic E-state index is 3.46. The van der Waals surface area contributed by atoms with E-state index in [0.29, 0.717) is 0 Å². The quantitative estimate of drug-likeness (QED) is 0.888. The van der Waals surface area contributed by atoms with Gasteiger partial charge in [0.05, 0.1) is 0 Å². The average Bonchev–Trinajstić information content (AvgIpc) is 3.02. The molecule has 0 atom stereocenters. The number of halogens is 1. The van der Waals surface area contributed by atoms with E-state index in [1.54, 1.807) is 11.3 Å². The second-order valence-electron chi connectivity index (χ2n) is 5.54. The molecule has 1 N–H and O–H groups in total. The zero-order chi connectivity index (χ0) is 13.6. The van der Waals surface area contributed by atoms with E-state index < -0.39 is 0 Å². The summed E-state index contributed by atoms with van der Waals surface area (Å²) in [6, 6.07) is 13.1. The Morgan fingerprint density at radius 2 is 1.86 bits per heavy atom. The van der Waals surface area contributed by atoms with Crippen molar-refractivity contribution in [3.05, 3.63) is 52.7 Å². The molecule has 4 heteroatoms. The van der Waals surface area contributed by atoms with Gasteiger partial charge in [-0.3, -0.25) is 0 Å². The van der Waals surface area contributed by atoms with E-state index in [1.807, 2.05) is 0 Å². The van der Waals surface area contributed by atoms with Gasteiger partial charge in [-0.05, 0) is 66.4 Å². The minimum atomic E-state index is 0. The van der Waals surface area contributed by atoms with E-state index in [2.05, 4.69) is 57.4 Å². The van der Waals surface area contributed by atoms with Gasteiger partial charge in [0, 0.05) is 18.8 Å². The Bertz CT molecular complexity index is 495. The lowest BCUT2D eigenvalue weighted by atomic mass is 9.97. The van der Waals surface area contributed by atoms with Crippen molar-refractivity contribution in [2.45, 2.75) is 19.4 Å². The van der Waals surface area contributed by atoms with Crippen LogP contribution in [0.2, 0.25) is 0 Å². The number of rotatable bonds is 5. The number of thiophene rings is 1. The topological polar surface area (TPSA) is 15.3 Å². The zero-order valence-corrected chi connectivity index (χ0v) is 13.8. The Hall–Kier alpha value is -1.03. The van der Waals surface area contributed by atoms with Crippen LogP contribution in [-0.2, 0) is 6.54 Å². The lowest BCUT2D eigenvalue weighted by molar-refractivity contribution is 0.373. The van der Waals surface area contributed by atoms with Crippen molar-refractivity contribution in [1.82, 2.24) is 5.32 Å². The molecule has 21 heavy (non-hydrogen) atoms. The van der Waals surface area contributed by atoms with Crippen molar-refractivity contribution in [2.75, 3.05) is 24.5 Å². The molecule has 1 aromatic carbocycles. The maximum absolute atomic E-state index is 3.46. The maximum Gasteiger partial charge on any atom is 0.0437 e. The van der Waals surface area contributed by atoms with E-state index in [4.69, 9.17) is 0 Å². The first-order valence-corrected chi connectivity index (χ1v) is 8.38. The highest BCUT2D eigenvalue weighted by molar-refractivity contribution is 7.07. The molecule has 0 bridgehead atoms. The molecule has 3 rings (SSSR count). The highest BCUT2D eigenvalue weighted by atomic mass is 35.5. The Kier molecular flexibility index (Phi) is 6.55. The molecule has 1 aromatic heterocycles. The Labute approximate surface area is 137 Å². The van der Waals surface area contributed by atoms with Crippen LogP contribution in [0.4, 0.5) is 5.69 Å². The fourth-order valence-corrected chi connectivity index (χ4v) is 3.54. The van der Waals surface area contributed by atoms with Crippen LogP contribution in [0.25, 0.3) is 0 Å². The fraction of sp³-hybridized carbons (Fsp3) is 0.412. The van der Waals surface area contributed by atoms with Gasteiger partial charge in [-0.15, -0.1) is 12.4 Å². The van der Waals surface area contributed by atoms with Crippen LogP contribution in [0.5, 0.6) is 0 Å². The molecule has 2 nitrogen and oxygen atoms in total. The minimum absolute atomic E-state index is 0. The third kappa shape index (κ3) is 4.73. The van der Waals surface area contributed by atoms with Crippen molar-refractivity contribution in [2.24, 2.45) is 5.92 Å². The first-order valence-electron chi connectivity index (χ1n) is 7.43. The Morgan fingerprint density at radius 3 is 2.52 bits per heavy atom. The van der Waals surface area contributed by atoms with Crippen molar-refractivity contribution in [3.8, 4) is 0 Å². The summed E-state index contributed by atoms with van der Waals surface area (Å²) in [7, 11) is 0. The van der Waals surface area contributed by atoms with Gasteiger partial charge in [0.2, 0.25) is 0 Å². The number of piperidine rings is 1. The van der Waals surface area contributed by atoms with Crippen LogP contribution in [0.3, 0.4) is 0 Å². The predicted octanol–water partition coefficient (Wildman–Crippen LogP) is 4.18. The van der Waals surface area contributed by atoms with Crippen molar-refractivity contribution in [1.29, 1.82) is 0 Å². The summed E-state index contributed by atoms with van der Waals surface area (Å²) in [6.07, 6.45) is 2.60. The van der Waals surface area contributed by atoms with Gasteiger partial charge in [-0.1, -0.05) is 18.2 Å². The van der Waals surface area contributed by atoms with Crippen LogP contribution in [0.15, 0.2) is 47.2 Å². The van der Waals surface area contributed by atoms with Gasteiger partial charge in [0.25, 0.3) is 0 Å². The molecule has 0 spiro atoms. The lowest BCUT2D eigenvalue weighted by Crippen LogP contribution is -2.36. The normalized spacial score (nSPS) is 15.4. The number of para-hydroxylation sites is 1. The first-order chi connectivity index (χ1) is 9.92. The average molecular weight is 323 g/mol. The van der Waals surface area contributed by atoms with Crippen molar-refractivity contribution < 1.29 is 0 Å². The largest absolute Gasteiger partial charge is 0.367 e. The zero-order valence-electron chi connectivity index (χ0n) is 12.2. The fourth-order valence-electron chi connectivity index (χ4n) is 2.88. The van der Waals surface area contributed by atoms with E-state index in [-0.39, 0.29) is 12.4 Å². The third-order valence-electron chi connectivity index (χ3n) is 4.01. The van der Waals surface area contributed by atoms with Gasteiger partial charge in [-0.2, -0.15) is 11.3 Å². The van der Waals surface area contributed by atoms with E-state index in [0.717, 1.165) is 12.5 Å². The smallest absolute Gasteiger partial charge is 0.0437 e. The Balaban J connectivity index is 0.00000161. The van der Waals surface area contributed by atoms with E-state index in [9.17, 15) is 0 Å². The summed E-state index contributed by atoms with van der Waals surface area (Å²) in [5.41, 5.74) is 2.77. The van der Waals surface area contributed by atoms with Crippen LogP contribution < -0.4 is 10.2 Å². The first kappa shape index (κ1) is 16.3. The van der Waals surface area contributed by atoms with Crippen molar-refractivity contribution >= 4 is 29.4 Å². The summed E-state index contributed by atoms with van der Waals surface area (Å²) in [5, 5.41) is 7.89. The highest BCUT2D eigenvalue weighted by Crippen LogP contribution is 2.22. The highest BCUT2D eigenvalue weighted by Gasteiger charge is 2.17. The number of benzene rings is 1. The van der Waals surface area contributed by atoms with E-state index in [1.165, 1.54) is 43.7 Å². The van der Waals surface area contributed by atoms with Crippen LogP contribution in [0.1, 0.15) is 18.4 Å². The number of hydrogen-bond acceptors (Lipinski definition) is 3. The molecule has 1 aliphatic rings. The molecule has 0 radical (unpaired) electrons. The van der Waals surface area contributed by atoms with Gasteiger partial charge >= 0.3 is 0 Å². The van der Waals surface area contributed by atoms with Crippen LogP contribution >= 0.6 is 23.7 Å².